The Labute approximate surface area is 278 Å². The molecule has 6 nitrogen and oxygen atoms in total. The summed E-state index contributed by atoms with van der Waals surface area (Å²) in [4.78, 5) is 25.2. The number of carbonyl (C=O) groups excluding carboxylic acids is 2. The maximum absolute atomic E-state index is 16.5. The van der Waals surface area contributed by atoms with Gasteiger partial charge < -0.3 is 19.5 Å². The van der Waals surface area contributed by atoms with Crippen LogP contribution in [0, 0.1) is 5.82 Å². The number of benzene rings is 4. The van der Waals surface area contributed by atoms with E-state index in [0.717, 1.165) is 28.7 Å². The third-order valence-corrected chi connectivity index (χ3v) is 7.21. The number of alkyl carbamates (subject to hydrolysis) is 1. The molecule has 0 bridgehead atoms. The van der Waals surface area contributed by atoms with Gasteiger partial charge >= 0.3 is 12.1 Å². The molecule has 1 atom stereocenters. The highest BCUT2D eigenvalue weighted by atomic mass is 19.1. The first kappa shape index (κ1) is 35.2. The van der Waals surface area contributed by atoms with Crippen LogP contribution in [0.25, 0.3) is 22.3 Å². The minimum Gasteiger partial charge on any atom is -0.489 e. The first-order valence-electron chi connectivity index (χ1n) is 16.1. The van der Waals surface area contributed by atoms with Gasteiger partial charge in [0.05, 0.1) is 12.5 Å². The monoisotopic (exact) mass is 639 g/mol. The summed E-state index contributed by atoms with van der Waals surface area (Å²) in [6.07, 6.45) is 0.783. The van der Waals surface area contributed by atoms with Crippen LogP contribution in [0.4, 0.5) is 9.18 Å². The zero-order valence-corrected chi connectivity index (χ0v) is 28.5. The predicted octanol–water partition coefficient (Wildman–Crippen LogP) is 9.99. The van der Waals surface area contributed by atoms with Crippen molar-refractivity contribution in [1.82, 2.24) is 5.32 Å². The van der Waals surface area contributed by atoms with Gasteiger partial charge in [-0.3, -0.25) is 4.79 Å². The van der Waals surface area contributed by atoms with Gasteiger partial charge in [-0.05, 0) is 94.5 Å². The molecule has 0 aliphatic rings. The number of nitrogens with one attached hydrogen (secondary N) is 1. The van der Waals surface area contributed by atoms with Crippen molar-refractivity contribution < 1.29 is 28.2 Å². The van der Waals surface area contributed by atoms with Crippen LogP contribution >= 0.6 is 0 Å². The normalized spacial score (nSPS) is 12.3. The van der Waals surface area contributed by atoms with Crippen molar-refractivity contribution in [2.24, 2.45) is 0 Å². The fraction of sp³-hybridized carbons (Fsp3) is 0.350. The smallest absolute Gasteiger partial charge is 0.408 e. The lowest BCUT2D eigenvalue weighted by Crippen LogP contribution is -2.35. The van der Waals surface area contributed by atoms with E-state index >= 15 is 4.39 Å². The fourth-order valence-corrected chi connectivity index (χ4v) is 5.30. The number of hydrogen-bond donors (Lipinski definition) is 1. The summed E-state index contributed by atoms with van der Waals surface area (Å²) >= 11 is 0. The number of carbonyl (C=O) groups is 2. The lowest BCUT2D eigenvalue weighted by Gasteiger charge is -2.24. The van der Waals surface area contributed by atoms with Crippen LogP contribution in [0.5, 0.6) is 5.75 Å². The van der Waals surface area contributed by atoms with Gasteiger partial charge in [-0.25, -0.2) is 9.18 Å². The van der Waals surface area contributed by atoms with Crippen LogP contribution in [-0.2, 0) is 27.3 Å². The lowest BCUT2D eigenvalue weighted by atomic mass is 9.93. The molecule has 248 valence electrons. The van der Waals surface area contributed by atoms with E-state index in [0.29, 0.717) is 28.9 Å². The van der Waals surface area contributed by atoms with E-state index in [1.807, 2.05) is 107 Å². The van der Waals surface area contributed by atoms with Crippen LogP contribution < -0.4 is 10.1 Å². The molecule has 0 saturated heterocycles. The van der Waals surface area contributed by atoms with Gasteiger partial charge in [-0.2, -0.15) is 0 Å². The first-order chi connectivity index (χ1) is 22.2. The van der Waals surface area contributed by atoms with Gasteiger partial charge in [-0.1, -0.05) is 80.1 Å². The molecule has 0 aromatic heterocycles. The molecule has 1 amide bonds. The van der Waals surface area contributed by atoms with E-state index in [9.17, 15) is 9.59 Å². The van der Waals surface area contributed by atoms with E-state index in [-0.39, 0.29) is 19.0 Å². The van der Waals surface area contributed by atoms with Gasteiger partial charge in [0.1, 0.15) is 29.4 Å². The summed E-state index contributed by atoms with van der Waals surface area (Å²) in [5, 5.41) is 2.87. The molecule has 0 spiro atoms. The van der Waals surface area contributed by atoms with Crippen LogP contribution in [-0.4, -0.2) is 23.3 Å². The standard InChI is InChI=1S/C40H46FNO5/c1-8-15-34(42-38(44)47-40(5,6)7)33-20-14-19-32(37(33)41)31-23-27(22-30(24-31)28-16-10-9-11-17-28)26-45-35-21-13-12-18-29(35)25-36(43)46-39(2,3)4/h9-14,16-24,34H,8,15,25-26H2,1-7H3,(H,42,44)/t34-/m1/s1. The van der Waals surface area contributed by atoms with Crippen molar-refractivity contribution in [2.45, 2.75) is 91.6 Å². The number of halogens is 1. The summed E-state index contributed by atoms with van der Waals surface area (Å²) in [6.45, 7) is 13.1. The molecule has 0 heterocycles. The largest absolute Gasteiger partial charge is 0.489 e. The maximum Gasteiger partial charge on any atom is 0.408 e. The highest BCUT2D eigenvalue weighted by Gasteiger charge is 2.24. The molecule has 0 saturated carbocycles. The third kappa shape index (κ3) is 10.4. The summed E-state index contributed by atoms with van der Waals surface area (Å²) in [7, 11) is 0. The molecule has 47 heavy (non-hydrogen) atoms. The molecule has 0 radical (unpaired) electrons. The molecule has 4 aromatic rings. The molecule has 7 heteroatoms. The van der Waals surface area contributed by atoms with E-state index in [1.165, 1.54) is 0 Å². The van der Waals surface area contributed by atoms with E-state index in [2.05, 4.69) is 5.32 Å². The van der Waals surface area contributed by atoms with Crippen molar-refractivity contribution in [1.29, 1.82) is 0 Å². The van der Waals surface area contributed by atoms with Gasteiger partial charge in [0.25, 0.3) is 0 Å². The molecule has 4 aromatic carbocycles. The number of hydrogen-bond acceptors (Lipinski definition) is 5. The van der Waals surface area contributed by atoms with Gasteiger partial charge in [0.15, 0.2) is 0 Å². The molecule has 0 unspecified atom stereocenters. The summed E-state index contributed by atoms with van der Waals surface area (Å²) in [6, 6.07) is 27.9. The second kappa shape index (κ2) is 15.3. The third-order valence-electron chi connectivity index (χ3n) is 7.21. The Hall–Kier alpha value is -4.65. The summed E-state index contributed by atoms with van der Waals surface area (Å²) in [5.74, 6) is -0.157. The van der Waals surface area contributed by atoms with Crippen molar-refractivity contribution >= 4 is 12.1 Å². The predicted molar refractivity (Wildman–Crippen MR) is 185 cm³/mol. The van der Waals surface area contributed by atoms with Crippen LogP contribution in [0.3, 0.4) is 0 Å². The molecule has 0 fully saturated rings. The Morgan fingerprint density at radius 1 is 0.766 bits per heavy atom. The lowest BCUT2D eigenvalue weighted by molar-refractivity contribution is -0.153. The molecular formula is C40H46FNO5. The first-order valence-corrected chi connectivity index (χ1v) is 16.1. The minimum absolute atomic E-state index is 0.0804. The fourth-order valence-electron chi connectivity index (χ4n) is 5.30. The molecule has 1 N–H and O–H groups in total. The average molecular weight is 640 g/mol. The Morgan fingerprint density at radius 2 is 1.43 bits per heavy atom. The van der Waals surface area contributed by atoms with Gasteiger partial charge in [-0.15, -0.1) is 0 Å². The topological polar surface area (TPSA) is 73.9 Å². The van der Waals surface area contributed by atoms with Crippen LogP contribution in [0.2, 0.25) is 0 Å². The Bertz CT molecular complexity index is 1670. The molecular weight excluding hydrogens is 593 g/mol. The summed E-state index contributed by atoms with van der Waals surface area (Å²) < 4.78 is 33.7. The second-order valence-electron chi connectivity index (χ2n) is 13.6. The second-order valence-corrected chi connectivity index (χ2v) is 13.6. The zero-order chi connectivity index (χ0) is 34.2. The highest BCUT2D eigenvalue weighted by molar-refractivity contribution is 5.76. The highest BCUT2D eigenvalue weighted by Crippen LogP contribution is 2.34. The molecule has 0 aliphatic carbocycles. The number of amides is 1. The quantitative estimate of drug-likeness (QED) is 0.165. The van der Waals surface area contributed by atoms with Gasteiger partial charge in [0, 0.05) is 16.7 Å². The van der Waals surface area contributed by atoms with Crippen molar-refractivity contribution in [3.63, 3.8) is 0 Å². The Morgan fingerprint density at radius 3 is 2.11 bits per heavy atom. The van der Waals surface area contributed by atoms with Crippen molar-refractivity contribution in [3.8, 4) is 28.0 Å². The van der Waals surface area contributed by atoms with E-state index in [1.54, 1.807) is 32.9 Å². The van der Waals surface area contributed by atoms with Crippen LogP contribution in [0.15, 0.2) is 91.0 Å². The number of esters is 1. The summed E-state index contributed by atoms with van der Waals surface area (Å²) in [5.41, 5.74) is 3.67. The number of rotatable bonds is 11. The average Bonchev–Trinajstić information content (AvgIpc) is 2.99. The maximum atomic E-state index is 16.5. The zero-order valence-electron chi connectivity index (χ0n) is 28.5. The molecule has 4 rings (SSSR count). The Balaban J connectivity index is 1.68. The van der Waals surface area contributed by atoms with Crippen molar-refractivity contribution in [2.75, 3.05) is 0 Å². The van der Waals surface area contributed by atoms with Crippen molar-refractivity contribution in [3.05, 3.63) is 114 Å². The van der Waals surface area contributed by atoms with E-state index < -0.39 is 29.2 Å². The molecule has 0 aliphatic heterocycles. The minimum atomic E-state index is -0.673. The SMILES string of the molecule is CCC[C@@H](NC(=O)OC(C)(C)C)c1cccc(-c2cc(COc3ccccc3CC(=O)OC(C)(C)C)cc(-c3ccccc3)c2)c1F. The Kier molecular flexibility index (Phi) is 11.5. The van der Waals surface area contributed by atoms with Gasteiger partial charge in [0.2, 0.25) is 0 Å². The van der Waals surface area contributed by atoms with Crippen LogP contribution in [0.1, 0.15) is 84.0 Å². The van der Waals surface area contributed by atoms with E-state index in [4.69, 9.17) is 14.2 Å². The number of ether oxygens (including phenoxy) is 3. The number of para-hydroxylation sites is 1.